The van der Waals surface area contributed by atoms with Crippen LogP contribution in [0.1, 0.15) is 58.8 Å². The normalized spacial score (nSPS) is 31.0. The second-order valence-corrected chi connectivity index (χ2v) is 6.71. The molecule has 2 rings (SSSR count). The van der Waals surface area contributed by atoms with Crippen LogP contribution in [0, 0.1) is 5.92 Å². The molecule has 1 N–H and O–H groups in total. The number of nitrogens with zero attached hydrogens (tertiary/aromatic N) is 1. The van der Waals surface area contributed by atoms with E-state index in [-0.39, 0.29) is 11.8 Å². The van der Waals surface area contributed by atoms with Gasteiger partial charge in [-0.2, -0.15) is 0 Å². The zero-order valence-electron chi connectivity index (χ0n) is 13.8. The highest BCUT2D eigenvalue weighted by atomic mass is 16.5. The van der Waals surface area contributed by atoms with E-state index in [0.29, 0.717) is 12.1 Å². The number of ether oxygens (including phenoxy) is 1. The van der Waals surface area contributed by atoms with Crippen molar-refractivity contribution >= 4 is 5.91 Å². The standard InChI is InChI=1S/C17H32N2O2/c1-3-4-10-18-17(20)15-9-8-14(2)19(12-15)13-16-7-5-6-11-21-16/h14-16H,3-13H2,1-2H3,(H,18,20)/t14-,15+,16-/m0/s1. The smallest absolute Gasteiger partial charge is 0.224 e. The van der Waals surface area contributed by atoms with Crippen LogP contribution in [0.3, 0.4) is 0 Å². The summed E-state index contributed by atoms with van der Waals surface area (Å²) in [6.07, 6.45) is 8.41. The zero-order valence-corrected chi connectivity index (χ0v) is 13.8. The summed E-state index contributed by atoms with van der Waals surface area (Å²) in [6, 6.07) is 0.579. The number of carbonyl (C=O) groups excluding carboxylic acids is 1. The van der Waals surface area contributed by atoms with Crippen LogP contribution in [0.4, 0.5) is 0 Å². The van der Waals surface area contributed by atoms with Gasteiger partial charge in [0.05, 0.1) is 12.0 Å². The summed E-state index contributed by atoms with van der Waals surface area (Å²) in [4.78, 5) is 14.7. The Labute approximate surface area is 129 Å². The van der Waals surface area contributed by atoms with Crippen molar-refractivity contribution < 1.29 is 9.53 Å². The fraction of sp³-hybridized carbons (Fsp3) is 0.941. The Morgan fingerprint density at radius 2 is 2.14 bits per heavy atom. The van der Waals surface area contributed by atoms with Crippen LogP contribution in [0.25, 0.3) is 0 Å². The van der Waals surface area contributed by atoms with Gasteiger partial charge in [0.15, 0.2) is 0 Å². The van der Waals surface area contributed by atoms with Crippen LogP contribution in [-0.2, 0) is 9.53 Å². The van der Waals surface area contributed by atoms with Gasteiger partial charge in [-0.25, -0.2) is 0 Å². The minimum absolute atomic E-state index is 0.168. The quantitative estimate of drug-likeness (QED) is 0.766. The van der Waals surface area contributed by atoms with E-state index in [2.05, 4.69) is 24.1 Å². The molecule has 0 unspecified atom stereocenters. The molecule has 0 aromatic heterocycles. The Morgan fingerprint density at radius 3 is 2.86 bits per heavy atom. The van der Waals surface area contributed by atoms with Crippen molar-refractivity contribution in [2.24, 2.45) is 5.92 Å². The van der Waals surface area contributed by atoms with Crippen LogP contribution in [0.5, 0.6) is 0 Å². The van der Waals surface area contributed by atoms with Crippen molar-refractivity contribution in [3.8, 4) is 0 Å². The van der Waals surface area contributed by atoms with Gasteiger partial charge in [-0.1, -0.05) is 13.3 Å². The highest BCUT2D eigenvalue weighted by Crippen LogP contribution is 2.24. The van der Waals surface area contributed by atoms with Gasteiger partial charge in [0.25, 0.3) is 0 Å². The van der Waals surface area contributed by atoms with Crippen LogP contribution in [-0.4, -0.2) is 49.2 Å². The van der Waals surface area contributed by atoms with Crippen LogP contribution >= 0.6 is 0 Å². The maximum atomic E-state index is 12.2. The zero-order chi connectivity index (χ0) is 15.1. The number of amides is 1. The van der Waals surface area contributed by atoms with Gasteiger partial charge in [-0.15, -0.1) is 0 Å². The molecule has 122 valence electrons. The largest absolute Gasteiger partial charge is 0.377 e. The number of hydrogen-bond acceptors (Lipinski definition) is 3. The summed E-state index contributed by atoms with van der Waals surface area (Å²) in [7, 11) is 0. The third-order valence-corrected chi connectivity index (χ3v) is 4.92. The molecule has 0 aromatic carbocycles. The molecule has 21 heavy (non-hydrogen) atoms. The summed E-state index contributed by atoms with van der Waals surface area (Å²) < 4.78 is 5.86. The van der Waals surface area contributed by atoms with Crippen molar-refractivity contribution in [2.45, 2.75) is 70.9 Å². The van der Waals surface area contributed by atoms with Gasteiger partial charge in [-0.3, -0.25) is 9.69 Å². The lowest BCUT2D eigenvalue weighted by Gasteiger charge is -2.39. The van der Waals surface area contributed by atoms with Crippen molar-refractivity contribution in [3.05, 3.63) is 0 Å². The molecule has 0 radical (unpaired) electrons. The molecule has 2 fully saturated rings. The molecule has 4 nitrogen and oxygen atoms in total. The van der Waals surface area contributed by atoms with Gasteiger partial charge in [0.2, 0.25) is 5.91 Å². The first-order valence-electron chi connectivity index (χ1n) is 8.84. The molecule has 2 heterocycles. The number of carbonyl (C=O) groups is 1. The predicted octanol–water partition coefficient (Wildman–Crippen LogP) is 2.57. The van der Waals surface area contributed by atoms with Gasteiger partial charge >= 0.3 is 0 Å². The Kier molecular flexibility index (Phi) is 6.97. The second kappa shape index (κ2) is 8.74. The highest BCUT2D eigenvalue weighted by molar-refractivity contribution is 5.78. The molecule has 0 aromatic rings. The van der Waals surface area contributed by atoms with Crippen LogP contribution in [0.2, 0.25) is 0 Å². The van der Waals surface area contributed by atoms with Gasteiger partial charge in [-0.05, 0) is 45.4 Å². The van der Waals surface area contributed by atoms with Crippen LogP contribution in [0.15, 0.2) is 0 Å². The molecular weight excluding hydrogens is 264 g/mol. The number of likely N-dealkylation sites (tertiary alicyclic amines) is 1. The predicted molar refractivity (Wildman–Crippen MR) is 85.3 cm³/mol. The third kappa shape index (κ3) is 5.26. The molecule has 2 aliphatic rings. The fourth-order valence-corrected chi connectivity index (χ4v) is 3.39. The number of nitrogens with one attached hydrogen (secondary N) is 1. The van der Waals surface area contributed by atoms with E-state index < -0.39 is 0 Å². The van der Waals surface area contributed by atoms with Gasteiger partial charge in [0.1, 0.15) is 0 Å². The molecule has 4 heteroatoms. The fourth-order valence-electron chi connectivity index (χ4n) is 3.39. The van der Waals surface area contributed by atoms with Crippen molar-refractivity contribution in [1.82, 2.24) is 10.2 Å². The average molecular weight is 296 g/mol. The van der Waals surface area contributed by atoms with E-state index in [1.165, 1.54) is 19.3 Å². The monoisotopic (exact) mass is 296 g/mol. The maximum Gasteiger partial charge on any atom is 0.224 e. The van der Waals surface area contributed by atoms with E-state index in [4.69, 9.17) is 4.74 Å². The molecule has 0 spiro atoms. The molecule has 3 atom stereocenters. The first-order valence-corrected chi connectivity index (χ1v) is 8.84. The summed E-state index contributed by atoms with van der Waals surface area (Å²) in [6.45, 7) is 8.08. The molecule has 0 aliphatic carbocycles. The second-order valence-electron chi connectivity index (χ2n) is 6.71. The van der Waals surface area contributed by atoms with Crippen LogP contribution < -0.4 is 5.32 Å². The molecule has 2 aliphatic heterocycles. The minimum Gasteiger partial charge on any atom is -0.377 e. The molecular formula is C17H32N2O2. The Bertz CT molecular complexity index is 316. The number of unbranched alkanes of at least 4 members (excludes halogenated alkanes) is 1. The topological polar surface area (TPSA) is 41.6 Å². The summed E-state index contributed by atoms with van der Waals surface area (Å²) in [5.74, 6) is 0.423. The lowest BCUT2D eigenvalue weighted by molar-refractivity contribution is -0.127. The van der Waals surface area contributed by atoms with Crippen molar-refractivity contribution in [3.63, 3.8) is 0 Å². The lowest BCUT2D eigenvalue weighted by atomic mass is 9.92. The first-order chi connectivity index (χ1) is 10.2. The summed E-state index contributed by atoms with van der Waals surface area (Å²) in [5, 5.41) is 3.10. The number of hydrogen-bond donors (Lipinski definition) is 1. The Balaban J connectivity index is 1.79. The van der Waals surface area contributed by atoms with Crippen molar-refractivity contribution in [2.75, 3.05) is 26.2 Å². The van der Waals surface area contributed by atoms with Gasteiger partial charge < -0.3 is 10.1 Å². The Morgan fingerprint density at radius 1 is 1.29 bits per heavy atom. The Hall–Kier alpha value is -0.610. The maximum absolute atomic E-state index is 12.2. The number of piperidine rings is 1. The van der Waals surface area contributed by atoms with E-state index in [1.807, 2.05) is 0 Å². The van der Waals surface area contributed by atoms with Crippen molar-refractivity contribution in [1.29, 1.82) is 0 Å². The van der Waals surface area contributed by atoms with Gasteiger partial charge in [0, 0.05) is 32.3 Å². The van der Waals surface area contributed by atoms with E-state index in [1.54, 1.807) is 0 Å². The average Bonchev–Trinajstić information content (AvgIpc) is 2.50. The number of rotatable bonds is 6. The molecule has 0 bridgehead atoms. The van der Waals surface area contributed by atoms with E-state index >= 15 is 0 Å². The minimum atomic E-state index is 0.168. The SMILES string of the molecule is CCCCNC(=O)[C@@H]1CC[C@H](C)N(C[C@@H]2CCCCO2)C1. The first kappa shape index (κ1) is 16.8. The highest BCUT2D eigenvalue weighted by Gasteiger charge is 2.31. The van der Waals surface area contributed by atoms with E-state index in [9.17, 15) is 4.79 Å². The molecule has 1 amide bonds. The molecule has 2 saturated heterocycles. The lowest BCUT2D eigenvalue weighted by Crippen LogP contribution is -2.50. The van der Waals surface area contributed by atoms with E-state index in [0.717, 1.165) is 51.9 Å². The summed E-state index contributed by atoms with van der Waals surface area (Å²) >= 11 is 0. The third-order valence-electron chi connectivity index (χ3n) is 4.92. The molecule has 0 saturated carbocycles. The summed E-state index contributed by atoms with van der Waals surface area (Å²) in [5.41, 5.74) is 0.